The first-order valence-electron chi connectivity index (χ1n) is 7.26. The lowest BCUT2D eigenvalue weighted by atomic mass is 10.1. The number of phosphoric acid groups is 2. The Bertz CT molecular complexity index is 1040. The second kappa shape index (κ2) is 7.66. The summed E-state index contributed by atoms with van der Waals surface area (Å²) in [5, 5.41) is 20.4. The predicted molar refractivity (Wildman–Crippen MR) is 90.7 cm³/mol. The summed E-state index contributed by atoms with van der Waals surface area (Å²) < 4.78 is 36.8. The lowest BCUT2D eigenvalue weighted by molar-refractivity contribution is -0.0513. The Hall–Kier alpha value is -1.03. The molecule has 1 aliphatic heterocycles. The summed E-state index contributed by atoms with van der Waals surface area (Å²) in [6, 6.07) is 0. The molecule has 1 aliphatic rings. The Morgan fingerprint density at radius 1 is 1.29 bits per heavy atom. The van der Waals surface area contributed by atoms with Crippen molar-refractivity contribution in [3.8, 4) is 0 Å². The zero-order valence-corrected chi connectivity index (χ0v) is 16.8. The van der Waals surface area contributed by atoms with E-state index in [9.17, 15) is 29.0 Å². The quantitative estimate of drug-likeness (QED) is 0.198. The lowest BCUT2D eigenvalue weighted by Gasteiger charge is -2.18. The molecule has 0 saturated carbocycles. The van der Waals surface area contributed by atoms with Gasteiger partial charge in [0.25, 0.3) is 5.56 Å². The monoisotopic (exact) mass is 506 g/mol. The van der Waals surface area contributed by atoms with Gasteiger partial charge in [-0.3, -0.25) is 13.9 Å². The summed E-state index contributed by atoms with van der Waals surface area (Å²) in [6.07, 6.45) is -4.85. The minimum Gasteiger partial charge on any atom is -0.387 e. The number of hydrogen-bond acceptors (Lipinski definition) is 10. The van der Waals surface area contributed by atoms with Crippen molar-refractivity contribution in [2.45, 2.75) is 24.5 Å². The van der Waals surface area contributed by atoms with Gasteiger partial charge in [-0.1, -0.05) is 0 Å². The van der Waals surface area contributed by atoms with E-state index in [4.69, 9.17) is 14.5 Å². The Balaban J connectivity index is 1.81. The molecule has 1 unspecified atom stereocenters. The third kappa shape index (κ3) is 4.42. The standard InChI is InChI=1S/C10H13BrN4O11P2/c11-10-14-4-7(12-2-13-8(4)18)15(10)9-6(17)5(16)3(25-9)1-24-28(22,23)26-27(19,20)21/h2-3,5-6,9,16-17H,1H2,(H,22,23)(H,12,13,18)(H2,19,20,21)/t3-,5-,6+,9-/m0/s1. The van der Waals surface area contributed by atoms with Crippen LogP contribution in [0.1, 0.15) is 6.23 Å². The maximum Gasteiger partial charge on any atom is 0.481 e. The van der Waals surface area contributed by atoms with Gasteiger partial charge in [0.2, 0.25) is 0 Å². The Morgan fingerprint density at radius 3 is 2.61 bits per heavy atom. The van der Waals surface area contributed by atoms with Crippen LogP contribution in [-0.4, -0.2) is 69.3 Å². The van der Waals surface area contributed by atoms with Gasteiger partial charge in [-0.15, -0.1) is 0 Å². The Kier molecular flexibility index (Phi) is 5.93. The van der Waals surface area contributed by atoms with E-state index in [0.717, 1.165) is 6.33 Å². The third-order valence-corrected chi connectivity index (χ3v) is 6.35. The van der Waals surface area contributed by atoms with Crippen molar-refractivity contribution in [1.29, 1.82) is 0 Å². The van der Waals surface area contributed by atoms with E-state index in [1.165, 1.54) is 4.57 Å². The van der Waals surface area contributed by atoms with Crippen LogP contribution in [0, 0.1) is 0 Å². The molecule has 1 fully saturated rings. The van der Waals surface area contributed by atoms with E-state index in [0.29, 0.717) is 0 Å². The van der Waals surface area contributed by atoms with Gasteiger partial charge in [0.1, 0.15) is 18.3 Å². The Labute approximate surface area is 162 Å². The molecule has 5 atom stereocenters. The smallest absolute Gasteiger partial charge is 0.387 e. The number of fused-ring (bicyclic) bond motifs is 1. The number of halogens is 1. The summed E-state index contributed by atoms with van der Waals surface area (Å²) >= 11 is 3.09. The van der Waals surface area contributed by atoms with Crippen LogP contribution in [0.4, 0.5) is 0 Å². The van der Waals surface area contributed by atoms with Gasteiger partial charge in [-0.25, -0.2) is 19.1 Å². The van der Waals surface area contributed by atoms with Crippen molar-refractivity contribution >= 4 is 42.7 Å². The topological polar surface area (TPSA) is 227 Å². The first-order valence-corrected chi connectivity index (χ1v) is 11.1. The normalized spacial score (nSPS) is 27.9. The molecule has 15 nitrogen and oxygen atoms in total. The fraction of sp³-hybridized carbons (Fsp3) is 0.500. The highest BCUT2D eigenvalue weighted by atomic mass is 79.9. The van der Waals surface area contributed by atoms with Crippen molar-refractivity contribution in [3.05, 3.63) is 21.4 Å². The average Bonchev–Trinajstić information content (AvgIpc) is 3.02. The molecule has 0 aliphatic carbocycles. The summed E-state index contributed by atoms with van der Waals surface area (Å²) in [4.78, 5) is 48.4. The molecule has 3 heterocycles. The minimum atomic E-state index is -5.32. The average molecular weight is 507 g/mol. The molecular weight excluding hydrogens is 494 g/mol. The first-order chi connectivity index (χ1) is 12.9. The number of nitrogens with one attached hydrogen (secondary N) is 1. The molecule has 18 heteroatoms. The molecular formula is C10H13BrN4O11P2. The summed E-state index contributed by atoms with van der Waals surface area (Å²) in [5.41, 5.74) is -0.617. The van der Waals surface area contributed by atoms with E-state index in [-0.39, 0.29) is 15.9 Å². The van der Waals surface area contributed by atoms with Gasteiger partial charge in [-0.05, 0) is 15.9 Å². The number of hydrogen-bond donors (Lipinski definition) is 6. The highest BCUT2D eigenvalue weighted by Crippen LogP contribution is 2.57. The summed E-state index contributed by atoms with van der Waals surface area (Å²) in [6.45, 7) is -0.860. The van der Waals surface area contributed by atoms with Gasteiger partial charge < -0.3 is 34.6 Å². The van der Waals surface area contributed by atoms with Gasteiger partial charge in [0.15, 0.2) is 22.1 Å². The van der Waals surface area contributed by atoms with Crippen molar-refractivity contribution in [2.75, 3.05) is 6.61 Å². The Morgan fingerprint density at radius 2 is 1.96 bits per heavy atom. The molecule has 0 radical (unpaired) electrons. The van der Waals surface area contributed by atoms with Crippen molar-refractivity contribution in [3.63, 3.8) is 0 Å². The zero-order valence-electron chi connectivity index (χ0n) is 13.4. The van der Waals surface area contributed by atoms with Crippen molar-refractivity contribution in [2.24, 2.45) is 0 Å². The number of aliphatic hydroxyl groups excluding tert-OH is 2. The third-order valence-electron chi connectivity index (χ3n) is 3.64. The largest absolute Gasteiger partial charge is 0.481 e. The van der Waals surface area contributed by atoms with Crippen molar-refractivity contribution < 1.29 is 47.6 Å². The number of aromatic nitrogens is 4. The highest BCUT2D eigenvalue weighted by molar-refractivity contribution is 9.10. The molecule has 0 amide bonds. The van der Waals surface area contributed by atoms with Crippen LogP contribution in [0.15, 0.2) is 15.9 Å². The van der Waals surface area contributed by atoms with Crippen LogP contribution in [0.5, 0.6) is 0 Å². The highest BCUT2D eigenvalue weighted by Gasteiger charge is 2.46. The lowest BCUT2D eigenvalue weighted by Crippen LogP contribution is -2.33. The second-order valence-electron chi connectivity index (χ2n) is 5.54. The minimum absolute atomic E-state index is 0.0195. The molecule has 156 valence electrons. The summed E-state index contributed by atoms with van der Waals surface area (Å²) in [5.74, 6) is 0. The van der Waals surface area contributed by atoms with Crippen molar-refractivity contribution in [1.82, 2.24) is 19.5 Å². The van der Waals surface area contributed by atoms with Crippen LogP contribution in [0.3, 0.4) is 0 Å². The van der Waals surface area contributed by atoms with E-state index in [1.54, 1.807) is 0 Å². The van der Waals surface area contributed by atoms with E-state index in [2.05, 4.69) is 39.7 Å². The molecule has 0 bridgehead atoms. The maximum atomic E-state index is 11.8. The predicted octanol–water partition coefficient (Wildman–Crippen LogP) is -1.27. The van der Waals surface area contributed by atoms with Gasteiger partial charge >= 0.3 is 15.6 Å². The van der Waals surface area contributed by atoms with Gasteiger partial charge in [-0.2, -0.15) is 4.31 Å². The number of phosphoric ester groups is 1. The molecule has 28 heavy (non-hydrogen) atoms. The van der Waals surface area contributed by atoms with Gasteiger partial charge in [0, 0.05) is 0 Å². The first kappa shape index (κ1) is 21.7. The molecule has 0 aromatic carbocycles. The van der Waals surface area contributed by atoms with E-state index in [1.807, 2.05) is 0 Å². The molecule has 2 aromatic heterocycles. The molecule has 0 spiro atoms. The van der Waals surface area contributed by atoms with Crippen LogP contribution >= 0.6 is 31.6 Å². The second-order valence-corrected chi connectivity index (χ2v) is 9.08. The SMILES string of the molecule is O=c1[nH]cnc2c1nc(Br)n2[C@H]1O[C@@H](COP(=O)(O)OP(=O)(O)O)[C@H](O)[C@H]1O. The number of H-pyrrole nitrogens is 1. The van der Waals surface area contributed by atoms with Crippen LogP contribution < -0.4 is 5.56 Å². The summed E-state index contributed by atoms with van der Waals surface area (Å²) in [7, 11) is -10.5. The molecule has 2 aromatic rings. The van der Waals surface area contributed by atoms with Crippen LogP contribution in [-0.2, 0) is 22.7 Å². The fourth-order valence-corrected chi connectivity index (χ4v) is 4.67. The number of aliphatic hydroxyl groups is 2. The number of nitrogens with zero attached hydrogens (tertiary/aromatic N) is 3. The zero-order chi connectivity index (χ0) is 20.9. The fourth-order valence-electron chi connectivity index (χ4n) is 2.52. The van der Waals surface area contributed by atoms with E-state index < -0.39 is 52.4 Å². The van der Waals surface area contributed by atoms with Crippen LogP contribution in [0.25, 0.3) is 11.2 Å². The number of ether oxygens (including phenoxy) is 1. The molecule has 6 N–H and O–H groups in total. The van der Waals surface area contributed by atoms with Gasteiger partial charge in [0.05, 0.1) is 12.9 Å². The number of imidazole rings is 1. The maximum absolute atomic E-state index is 11.8. The van der Waals surface area contributed by atoms with E-state index >= 15 is 0 Å². The number of rotatable bonds is 6. The molecule has 3 rings (SSSR count). The molecule has 1 saturated heterocycles. The van der Waals surface area contributed by atoms with Crippen LogP contribution in [0.2, 0.25) is 0 Å². The number of aromatic amines is 1.